The summed E-state index contributed by atoms with van der Waals surface area (Å²) in [6, 6.07) is 8.06. The molecule has 17 heavy (non-hydrogen) atoms. The predicted octanol–water partition coefficient (Wildman–Crippen LogP) is 3.96. The van der Waals surface area contributed by atoms with Crippen LogP contribution in [0.15, 0.2) is 46.6 Å². The molecule has 3 aromatic rings. The molecule has 0 saturated carbocycles. The highest BCUT2D eigenvalue weighted by atomic mass is 79.9. The fraction of sp³-hybridized carbons (Fsp3) is 0. The van der Waals surface area contributed by atoms with Crippen molar-refractivity contribution < 1.29 is 0 Å². The molecule has 3 nitrogen and oxygen atoms in total. The third-order valence-corrected chi connectivity index (χ3v) is 4.07. The van der Waals surface area contributed by atoms with E-state index in [2.05, 4.69) is 37.2 Å². The number of aromatic nitrogens is 3. The standard InChI is InChI=1S/C12H8BrN3S/c13-11-2-1-10(17-11)12-9(7-15-16-12)8-3-5-14-6-4-8/h1-7H,(H,15,16). The van der Waals surface area contributed by atoms with Crippen molar-refractivity contribution in [2.75, 3.05) is 0 Å². The van der Waals surface area contributed by atoms with Gasteiger partial charge < -0.3 is 0 Å². The van der Waals surface area contributed by atoms with Crippen LogP contribution >= 0.6 is 27.3 Å². The molecule has 0 aliphatic rings. The molecule has 3 rings (SSSR count). The number of thiophene rings is 1. The predicted molar refractivity (Wildman–Crippen MR) is 72.8 cm³/mol. The second-order valence-corrected chi connectivity index (χ2v) is 5.95. The average Bonchev–Trinajstić information content (AvgIpc) is 2.98. The van der Waals surface area contributed by atoms with Crippen molar-refractivity contribution in [1.82, 2.24) is 15.2 Å². The van der Waals surface area contributed by atoms with E-state index in [0.29, 0.717) is 0 Å². The highest BCUT2D eigenvalue weighted by Crippen LogP contribution is 2.35. The Balaban J connectivity index is 2.12. The summed E-state index contributed by atoms with van der Waals surface area (Å²) in [5.41, 5.74) is 3.20. The molecule has 0 aromatic carbocycles. The zero-order valence-corrected chi connectivity index (χ0v) is 11.1. The summed E-state index contributed by atoms with van der Waals surface area (Å²) in [5, 5.41) is 7.25. The minimum absolute atomic E-state index is 0.979. The van der Waals surface area contributed by atoms with Gasteiger partial charge in [-0.3, -0.25) is 10.1 Å². The van der Waals surface area contributed by atoms with Crippen LogP contribution in [0.1, 0.15) is 0 Å². The van der Waals surface area contributed by atoms with E-state index in [9.17, 15) is 0 Å². The van der Waals surface area contributed by atoms with Gasteiger partial charge in [-0.1, -0.05) is 0 Å². The molecule has 84 valence electrons. The number of aromatic amines is 1. The van der Waals surface area contributed by atoms with E-state index in [1.807, 2.05) is 24.4 Å². The van der Waals surface area contributed by atoms with Gasteiger partial charge in [-0.15, -0.1) is 11.3 Å². The Labute approximate surface area is 111 Å². The number of hydrogen-bond acceptors (Lipinski definition) is 3. The van der Waals surface area contributed by atoms with Crippen molar-refractivity contribution >= 4 is 27.3 Å². The van der Waals surface area contributed by atoms with Gasteiger partial charge in [-0.05, 0) is 45.8 Å². The molecular weight excluding hydrogens is 298 g/mol. The zero-order chi connectivity index (χ0) is 11.7. The first-order valence-corrected chi connectivity index (χ1v) is 6.65. The van der Waals surface area contributed by atoms with Gasteiger partial charge in [0.25, 0.3) is 0 Å². The number of H-pyrrole nitrogens is 1. The molecule has 0 amide bonds. The fourth-order valence-corrected chi connectivity index (χ4v) is 3.06. The summed E-state index contributed by atoms with van der Waals surface area (Å²) in [5.74, 6) is 0. The Morgan fingerprint density at radius 1 is 1.12 bits per heavy atom. The lowest BCUT2D eigenvalue weighted by molar-refractivity contribution is 1.10. The summed E-state index contributed by atoms with van der Waals surface area (Å²) >= 11 is 5.14. The quantitative estimate of drug-likeness (QED) is 0.778. The van der Waals surface area contributed by atoms with Crippen LogP contribution in [0.5, 0.6) is 0 Å². The van der Waals surface area contributed by atoms with Crippen molar-refractivity contribution in [3.8, 4) is 21.7 Å². The lowest BCUT2D eigenvalue weighted by atomic mass is 10.1. The minimum atomic E-state index is 0.979. The molecule has 0 spiro atoms. The van der Waals surface area contributed by atoms with E-state index < -0.39 is 0 Å². The van der Waals surface area contributed by atoms with Gasteiger partial charge in [-0.2, -0.15) is 5.10 Å². The van der Waals surface area contributed by atoms with Crippen LogP contribution in [0.4, 0.5) is 0 Å². The summed E-state index contributed by atoms with van der Waals surface area (Å²) in [6.07, 6.45) is 5.49. The second kappa shape index (κ2) is 4.43. The van der Waals surface area contributed by atoms with Crippen molar-refractivity contribution in [1.29, 1.82) is 0 Å². The zero-order valence-electron chi connectivity index (χ0n) is 8.72. The highest BCUT2D eigenvalue weighted by molar-refractivity contribution is 9.11. The summed E-state index contributed by atoms with van der Waals surface area (Å²) in [6.45, 7) is 0. The molecule has 0 saturated heterocycles. The third kappa shape index (κ3) is 2.03. The molecule has 0 fully saturated rings. The summed E-state index contributed by atoms with van der Waals surface area (Å²) in [4.78, 5) is 5.17. The molecule has 5 heteroatoms. The topological polar surface area (TPSA) is 41.6 Å². The largest absolute Gasteiger partial charge is 0.284 e. The van der Waals surface area contributed by atoms with Gasteiger partial charge in [0, 0.05) is 24.2 Å². The van der Waals surface area contributed by atoms with E-state index in [4.69, 9.17) is 0 Å². The van der Waals surface area contributed by atoms with Gasteiger partial charge in [0.1, 0.15) is 5.69 Å². The van der Waals surface area contributed by atoms with Crippen LogP contribution in [-0.4, -0.2) is 15.2 Å². The molecule has 0 aliphatic carbocycles. The summed E-state index contributed by atoms with van der Waals surface area (Å²) in [7, 11) is 0. The van der Waals surface area contributed by atoms with Gasteiger partial charge >= 0.3 is 0 Å². The number of nitrogens with one attached hydrogen (secondary N) is 1. The summed E-state index contributed by atoms with van der Waals surface area (Å²) < 4.78 is 1.11. The number of rotatable bonds is 2. The molecule has 0 unspecified atom stereocenters. The van der Waals surface area contributed by atoms with Crippen LogP contribution in [0.3, 0.4) is 0 Å². The molecule has 0 bridgehead atoms. The van der Waals surface area contributed by atoms with E-state index in [0.717, 1.165) is 25.5 Å². The normalized spacial score (nSPS) is 10.6. The van der Waals surface area contributed by atoms with Gasteiger partial charge in [0.15, 0.2) is 0 Å². The molecule has 1 N–H and O–H groups in total. The van der Waals surface area contributed by atoms with Gasteiger partial charge in [0.2, 0.25) is 0 Å². The Bertz CT molecular complexity index is 630. The first kappa shape index (κ1) is 10.7. The van der Waals surface area contributed by atoms with Crippen LogP contribution in [0, 0.1) is 0 Å². The van der Waals surface area contributed by atoms with E-state index in [1.54, 1.807) is 23.7 Å². The van der Waals surface area contributed by atoms with Crippen LogP contribution < -0.4 is 0 Å². The first-order chi connectivity index (χ1) is 8.34. The van der Waals surface area contributed by atoms with E-state index in [1.165, 1.54) is 0 Å². The number of pyridine rings is 1. The Morgan fingerprint density at radius 2 is 1.94 bits per heavy atom. The highest BCUT2D eigenvalue weighted by Gasteiger charge is 2.11. The smallest absolute Gasteiger partial charge is 0.110 e. The van der Waals surface area contributed by atoms with Crippen molar-refractivity contribution in [2.45, 2.75) is 0 Å². The molecule has 0 aliphatic heterocycles. The first-order valence-electron chi connectivity index (χ1n) is 5.04. The average molecular weight is 306 g/mol. The lowest BCUT2D eigenvalue weighted by Gasteiger charge is -1.99. The van der Waals surface area contributed by atoms with Crippen LogP contribution in [0.25, 0.3) is 21.7 Å². The maximum Gasteiger partial charge on any atom is 0.110 e. The monoisotopic (exact) mass is 305 g/mol. The molecule has 0 atom stereocenters. The van der Waals surface area contributed by atoms with E-state index in [-0.39, 0.29) is 0 Å². The Morgan fingerprint density at radius 3 is 2.65 bits per heavy atom. The van der Waals surface area contributed by atoms with Gasteiger partial charge in [0.05, 0.1) is 8.66 Å². The number of halogens is 1. The van der Waals surface area contributed by atoms with Crippen molar-refractivity contribution in [3.63, 3.8) is 0 Å². The maximum atomic E-state index is 4.32. The number of hydrogen-bond donors (Lipinski definition) is 1. The molecular formula is C12H8BrN3S. The van der Waals surface area contributed by atoms with E-state index >= 15 is 0 Å². The third-order valence-electron chi connectivity index (χ3n) is 2.44. The SMILES string of the molecule is Brc1ccc(-c2n[nH]cc2-c2ccncc2)s1. The fourth-order valence-electron chi connectivity index (χ4n) is 1.67. The Hall–Kier alpha value is -1.46. The van der Waals surface area contributed by atoms with Gasteiger partial charge in [-0.25, -0.2) is 0 Å². The molecule has 3 heterocycles. The Kier molecular flexibility index (Phi) is 2.78. The lowest BCUT2D eigenvalue weighted by Crippen LogP contribution is -1.79. The van der Waals surface area contributed by atoms with Crippen LogP contribution in [-0.2, 0) is 0 Å². The maximum absolute atomic E-state index is 4.32. The minimum Gasteiger partial charge on any atom is -0.284 e. The van der Waals surface area contributed by atoms with Crippen molar-refractivity contribution in [3.05, 3.63) is 46.6 Å². The molecule has 0 radical (unpaired) electrons. The second-order valence-electron chi connectivity index (χ2n) is 3.49. The molecule has 3 aromatic heterocycles. The van der Waals surface area contributed by atoms with Crippen molar-refractivity contribution in [2.24, 2.45) is 0 Å². The van der Waals surface area contributed by atoms with Crippen LogP contribution in [0.2, 0.25) is 0 Å². The number of nitrogens with zero attached hydrogens (tertiary/aromatic N) is 2.